The van der Waals surface area contributed by atoms with E-state index >= 15 is 0 Å². The Bertz CT molecular complexity index is 1230. The van der Waals surface area contributed by atoms with Gasteiger partial charge in [0.25, 0.3) is 0 Å². The Labute approximate surface area is 220 Å². The summed E-state index contributed by atoms with van der Waals surface area (Å²) in [5, 5.41) is 0.575. The van der Waals surface area contributed by atoms with Crippen molar-refractivity contribution < 1.29 is 13.2 Å². The van der Waals surface area contributed by atoms with Gasteiger partial charge in [-0.2, -0.15) is 4.31 Å². The zero-order chi connectivity index (χ0) is 24.8. The number of carbonyl (C=O) groups excluding carboxylic acids is 1. The number of rotatable bonds is 8. The molecule has 1 aliphatic heterocycles. The summed E-state index contributed by atoms with van der Waals surface area (Å²) in [5.41, 5.74) is 2.08. The van der Waals surface area contributed by atoms with E-state index in [0.717, 1.165) is 29.3 Å². The maximum absolute atomic E-state index is 13.5. The fraction of sp³-hybridized carbons (Fsp3) is 0.296. The van der Waals surface area contributed by atoms with Crippen molar-refractivity contribution in [3.05, 3.63) is 99.5 Å². The van der Waals surface area contributed by atoms with Crippen LogP contribution in [-0.4, -0.2) is 43.2 Å². The molecular weight excluding hydrogens is 548 g/mol. The van der Waals surface area contributed by atoms with Gasteiger partial charge in [0.1, 0.15) is 0 Å². The van der Waals surface area contributed by atoms with Crippen molar-refractivity contribution in [2.45, 2.75) is 30.7 Å². The second kappa shape index (κ2) is 11.7. The van der Waals surface area contributed by atoms with E-state index in [-0.39, 0.29) is 23.9 Å². The van der Waals surface area contributed by atoms with Gasteiger partial charge in [-0.15, -0.1) is 0 Å². The van der Waals surface area contributed by atoms with Gasteiger partial charge in [0.2, 0.25) is 15.9 Å². The molecule has 184 valence electrons. The molecule has 35 heavy (non-hydrogen) atoms. The van der Waals surface area contributed by atoms with Gasteiger partial charge in [-0.1, -0.05) is 70.0 Å². The first-order valence-corrected chi connectivity index (χ1v) is 14.2. The van der Waals surface area contributed by atoms with Crippen LogP contribution in [0.15, 0.2) is 88.2 Å². The molecule has 1 aliphatic rings. The molecule has 0 aromatic heterocycles. The Morgan fingerprint density at radius 2 is 1.54 bits per heavy atom. The minimum atomic E-state index is -3.88. The van der Waals surface area contributed by atoms with E-state index in [1.54, 1.807) is 53.4 Å². The van der Waals surface area contributed by atoms with Crippen LogP contribution in [0.1, 0.15) is 24.0 Å². The Hall–Kier alpha value is -2.19. The molecule has 0 radical (unpaired) electrons. The van der Waals surface area contributed by atoms with Gasteiger partial charge in [0.05, 0.1) is 11.4 Å². The monoisotopic (exact) mass is 574 g/mol. The second-order valence-electron chi connectivity index (χ2n) is 8.87. The van der Waals surface area contributed by atoms with Crippen LogP contribution in [0, 0.1) is 5.92 Å². The smallest absolute Gasteiger partial charge is 0.243 e. The number of halogens is 2. The molecule has 1 fully saturated rings. The summed E-state index contributed by atoms with van der Waals surface area (Å²) in [4.78, 5) is 15.2. The molecule has 1 amide bonds. The number of hydrogen-bond acceptors (Lipinski definition) is 3. The van der Waals surface area contributed by atoms with Crippen LogP contribution in [0.25, 0.3) is 0 Å². The van der Waals surface area contributed by atoms with E-state index in [9.17, 15) is 13.2 Å². The van der Waals surface area contributed by atoms with Crippen molar-refractivity contribution in [2.24, 2.45) is 5.92 Å². The highest BCUT2D eigenvalue weighted by Crippen LogP contribution is 2.24. The summed E-state index contributed by atoms with van der Waals surface area (Å²) in [6.07, 6.45) is 2.83. The number of carbonyl (C=O) groups is 1. The maximum atomic E-state index is 13.5. The third kappa shape index (κ3) is 6.94. The Morgan fingerprint density at radius 3 is 2.17 bits per heavy atom. The number of benzene rings is 3. The van der Waals surface area contributed by atoms with Crippen LogP contribution >= 0.6 is 27.5 Å². The number of sulfonamides is 1. The van der Waals surface area contributed by atoms with E-state index in [0.29, 0.717) is 24.0 Å². The van der Waals surface area contributed by atoms with Crippen molar-refractivity contribution in [2.75, 3.05) is 19.6 Å². The minimum absolute atomic E-state index is 0.0891. The van der Waals surface area contributed by atoms with Crippen molar-refractivity contribution in [3.8, 4) is 0 Å². The first kappa shape index (κ1) is 25.9. The number of hydrogen-bond donors (Lipinski definition) is 0. The Balaban J connectivity index is 1.46. The van der Waals surface area contributed by atoms with Crippen molar-refractivity contribution >= 4 is 43.5 Å². The predicted octanol–water partition coefficient (Wildman–Crippen LogP) is 5.77. The molecule has 1 saturated heterocycles. The van der Waals surface area contributed by atoms with Gasteiger partial charge >= 0.3 is 0 Å². The zero-order valence-electron chi connectivity index (χ0n) is 19.3. The summed E-state index contributed by atoms with van der Waals surface area (Å²) in [6, 6.07) is 23.9. The van der Waals surface area contributed by atoms with E-state index < -0.39 is 10.0 Å². The van der Waals surface area contributed by atoms with Crippen LogP contribution in [0.3, 0.4) is 0 Å². The first-order chi connectivity index (χ1) is 16.8. The molecule has 0 spiro atoms. The zero-order valence-corrected chi connectivity index (χ0v) is 22.5. The first-order valence-electron chi connectivity index (χ1n) is 11.6. The van der Waals surface area contributed by atoms with Gasteiger partial charge in [-0.25, -0.2) is 8.42 Å². The highest BCUT2D eigenvalue weighted by molar-refractivity contribution is 9.10. The lowest BCUT2D eigenvalue weighted by atomic mass is 9.90. The summed E-state index contributed by atoms with van der Waals surface area (Å²) < 4.78 is 29.1. The summed E-state index contributed by atoms with van der Waals surface area (Å²) >= 11 is 9.35. The Morgan fingerprint density at radius 1 is 0.914 bits per heavy atom. The molecule has 8 heteroatoms. The van der Waals surface area contributed by atoms with Crippen molar-refractivity contribution in [1.29, 1.82) is 0 Å². The average molecular weight is 576 g/mol. The molecule has 0 N–H and O–H groups in total. The maximum Gasteiger partial charge on any atom is 0.243 e. The third-order valence-electron chi connectivity index (χ3n) is 6.37. The van der Waals surface area contributed by atoms with Crippen LogP contribution in [-0.2, 0) is 27.8 Å². The SMILES string of the molecule is O=C(CN(Cc1ccc(Cl)cc1)S(=O)(=O)c1ccc(Br)cc1)N1CCC(Cc2ccccc2)CC1. The molecule has 3 aromatic carbocycles. The van der Waals surface area contributed by atoms with Crippen LogP contribution in [0.4, 0.5) is 0 Å². The molecule has 0 unspecified atom stereocenters. The van der Waals surface area contributed by atoms with E-state index in [1.807, 2.05) is 6.07 Å². The molecule has 0 bridgehead atoms. The standard InChI is InChI=1S/C27H28BrClN2O3S/c28-24-8-12-26(13-9-24)35(33,34)31(19-23-6-10-25(29)11-7-23)20-27(32)30-16-14-22(15-17-30)18-21-4-2-1-3-5-21/h1-13,22H,14-20H2. The molecule has 0 aliphatic carbocycles. The quantitative estimate of drug-likeness (QED) is 0.342. The van der Waals surface area contributed by atoms with Crippen LogP contribution in [0.2, 0.25) is 5.02 Å². The fourth-order valence-electron chi connectivity index (χ4n) is 4.36. The average Bonchev–Trinajstić information content (AvgIpc) is 2.86. The fourth-order valence-corrected chi connectivity index (χ4v) is 6.13. The molecule has 0 saturated carbocycles. The molecular formula is C27H28BrClN2O3S. The van der Waals surface area contributed by atoms with E-state index in [1.165, 1.54) is 9.87 Å². The molecule has 0 atom stereocenters. The molecule has 5 nitrogen and oxygen atoms in total. The Kier molecular flexibility index (Phi) is 8.65. The number of likely N-dealkylation sites (tertiary alicyclic amines) is 1. The van der Waals surface area contributed by atoms with Crippen molar-refractivity contribution in [3.63, 3.8) is 0 Å². The second-order valence-corrected chi connectivity index (χ2v) is 12.2. The number of piperidine rings is 1. The van der Waals surface area contributed by atoms with Gasteiger partial charge in [0, 0.05) is 29.1 Å². The summed E-state index contributed by atoms with van der Waals surface area (Å²) in [5.74, 6) is 0.357. The summed E-state index contributed by atoms with van der Waals surface area (Å²) in [7, 11) is -3.88. The summed E-state index contributed by atoms with van der Waals surface area (Å²) in [6.45, 7) is 1.17. The number of nitrogens with zero attached hydrogens (tertiary/aromatic N) is 2. The van der Waals surface area contributed by atoms with Gasteiger partial charge in [0.15, 0.2) is 0 Å². The third-order valence-corrected chi connectivity index (χ3v) is 8.96. The molecule has 3 aromatic rings. The van der Waals surface area contributed by atoms with Gasteiger partial charge in [-0.3, -0.25) is 4.79 Å². The largest absolute Gasteiger partial charge is 0.342 e. The van der Waals surface area contributed by atoms with Crippen molar-refractivity contribution in [1.82, 2.24) is 9.21 Å². The lowest BCUT2D eigenvalue weighted by Crippen LogP contribution is -2.45. The lowest BCUT2D eigenvalue weighted by Gasteiger charge is -2.33. The predicted molar refractivity (Wildman–Crippen MR) is 143 cm³/mol. The van der Waals surface area contributed by atoms with E-state index in [4.69, 9.17) is 11.6 Å². The highest BCUT2D eigenvalue weighted by Gasteiger charge is 2.30. The molecule has 4 rings (SSSR count). The molecule has 1 heterocycles. The normalized spacial score (nSPS) is 14.9. The van der Waals surface area contributed by atoms with Gasteiger partial charge in [-0.05, 0) is 72.7 Å². The van der Waals surface area contributed by atoms with Crippen LogP contribution < -0.4 is 0 Å². The topological polar surface area (TPSA) is 57.7 Å². The minimum Gasteiger partial charge on any atom is -0.342 e. The van der Waals surface area contributed by atoms with E-state index in [2.05, 4.69) is 40.2 Å². The van der Waals surface area contributed by atoms with Gasteiger partial charge < -0.3 is 4.90 Å². The highest BCUT2D eigenvalue weighted by atomic mass is 79.9. The lowest BCUT2D eigenvalue weighted by molar-refractivity contribution is -0.132. The van der Waals surface area contributed by atoms with Crippen LogP contribution in [0.5, 0.6) is 0 Å². The number of amides is 1.